The molecule has 68 valence electrons. The first-order valence-electron chi connectivity index (χ1n) is 4.56. The number of fused-ring (bicyclic) bond motifs is 1. The van der Waals surface area contributed by atoms with Crippen LogP contribution in [0.25, 0.3) is 0 Å². The van der Waals surface area contributed by atoms with Crippen LogP contribution in [0.3, 0.4) is 0 Å². The van der Waals surface area contributed by atoms with Crippen LogP contribution in [0.1, 0.15) is 37.4 Å². The largest absolute Gasteiger partial charge is 0.281 e. The van der Waals surface area contributed by atoms with Gasteiger partial charge in [0, 0.05) is 11.3 Å². The zero-order valence-electron chi connectivity index (χ0n) is 7.84. The molecule has 0 aromatic heterocycles. The quantitative estimate of drug-likeness (QED) is 0.625. The second-order valence-electron chi connectivity index (χ2n) is 3.37. The summed E-state index contributed by atoms with van der Waals surface area (Å²) in [5.41, 5.74) is 3.18. The fourth-order valence-electron chi connectivity index (χ4n) is 1.82. The molecule has 13 heavy (non-hydrogen) atoms. The van der Waals surface area contributed by atoms with E-state index in [1.807, 2.05) is 13.0 Å². The summed E-state index contributed by atoms with van der Waals surface area (Å²) in [5.74, 6) is -0.165. The molecule has 0 saturated heterocycles. The lowest BCUT2D eigenvalue weighted by Gasteiger charge is -2.05. The molecule has 1 aliphatic rings. The minimum absolute atomic E-state index is 0.165. The van der Waals surface area contributed by atoms with Crippen LogP contribution in [0.15, 0.2) is 23.2 Å². The lowest BCUT2D eigenvalue weighted by molar-refractivity contribution is 0.619. The molecule has 1 unspecified atom stereocenters. The number of nitrogens with zero attached hydrogens (tertiary/aromatic N) is 1. The minimum Gasteiger partial charge on any atom is -0.281 e. The van der Waals surface area contributed by atoms with Gasteiger partial charge in [0.25, 0.3) is 0 Å². The molecular weight excluding hydrogens is 165 g/mol. The predicted molar refractivity (Wildman–Crippen MR) is 51.6 cm³/mol. The van der Waals surface area contributed by atoms with E-state index >= 15 is 0 Å². The van der Waals surface area contributed by atoms with E-state index < -0.39 is 0 Å². The number of aliphatic imine (C=N–C) groups is 1. The van der Waals surface area contributed by atoms with Crippen molar-refractivity contribution in [3.05, 3.63) is 35.1 Å². The van der Waals surface area contributed by atoms with Crippen LogP contribution in [0, 0.1) is 5.82 Å². The average molecular weight is 177 g/mol. The van der Waals surface area contributed by atoms with E-state index in [0.29, 0.717) is 0 Å². The van der Waals surface area contributed by atoms with Crippen LogP contribution in [0.5, 0.6) is 0 Å². The molecule has 0 aliphatic carbocycles. The minimum atomic E-state index is -0.165. The predicted octanol–water partition coefficient (Wildman–Crippen LogP) is 3.10. The van der Waals surface area contributed by atoms with Gasteiger partial charge in [0.05, 0.1) is 6.04 Å². The molecule has 1 atom stereocenters. The van der Waals surface area contributed by atoms with Crippen molar-refractivity contribution < 1.29 is 4.39 Å². The molecule has 1 heterocycles. The van der Waals surface area contributed by atoms with Gasteiger partial charge in [0.1, 0.15) is 5.82 Å². The first-order chi connectivity index (χ1) is 6.22. The third kappa shape index (κ3) is 1.26. The summed E-state index contributed by atoms with van der Waals surface area (Å²) in [4.78, 5) is 4.47. The molecule has 2 heteroatoms. The maximum Gasteiger partial charge on any atom is 0.123 e. The Labute approximate surface area is 77.3 Å². The van der Waals surface area contributed by atoms with Gasteiger partial charge in [-0.05, 0) is 37.1 Å². The van der Waals surface area contributed by atoms with Crippen LogP contribution in [-0.4, -0.2) is 5.71 Å². The lowest BCUT2D eigenvalue weighted by Crippen LogP contribution is -1.94. The van der Waals surface area contributed by atoms with E-state index in [-0.39, 0.29) is 11.9 Å². The van der Waals surface area contributed by atoms with Crippen molar-refractivity contribution in [2.45, 2.75) is 26.3 Å². The normalized spacial score (nSPS) is 19.9. The second-order valence-corrected chi connectivity index (χ2v) is 3.37. The van der Waals surface area contributed by atoms with Crippen molar-refractivity contribution in [2.24, 2.45) is 4.99 Å². The molecule has 1 nitrogen and oxygen atoms in total. The van der Waals surface area contributed by atoms with Crippen molar-refractivity contribution in [3.8, 4) is 0 Å². The molecule has 2 rings (SSSR count). The van der Waals surface area contributed by atoms with Crippen molar-refractivity contribution >= 4 is 5.71 Å². The molecule has 0 N–H and O–H groups in total. The Morgan fingerprint density at radius 1 is 1.46 bits per heavy atom. The highest BCUT2D eigenvalue weighted by molar-refractivity contribution is 6.02. The van der Waals surface area contributed by atoms with E-state index in [1.165, 1.54) is 6.07 Å². The average Bonchev–Trinajstić information content (AvgIpc) is 2.42. The van der Waals surface area contributed by atoms with Crippen molar-refractivity contribution in [1.29, 1.82) is 0 Å². The lowest BCUT2D eigenvalue weighted by atomic mass is 10.0. The van der Waals surface area contributed by atoms with Gasteiger partial charge < -0.3 is 0 Å². The summed E-state index contributed by atoms with van der Waals surface area (Å²) in [6.45, 7) is 4.05. The van der Waals surface area contributed by atoms with Crippen LogP contribution in [-0.2, 0) is 0 Å². The highest BCUT2D eigenvalue weighted by atomic mass is 19.1. The number of hydrogen-bond donors (Lipinski definition) is 0. The second kappa shape index (κ2) is 2.95. The molecular formula is C11H12FN. The number of rotatable bonds is 1. The van der Waals surface area contributed by atoms with Gasteiger partial charge in [0.15, 0.2) is 0 Å². The van der Waals surface area contributed by atoms with E-state index in [9.17, 15) is 4.39 Å². The monoisotopic (exact) mass is 177 g/mol. The third-order valence-electron chi connectivity index (χ3n) is 2.50. The maximum atomic E-state index is 12.9. The van der Waals surface area contributed by atoms with Gasteiger partial charge in [-0.3, -0.25) is 4.99 Å². The zero-order chi connectivity index (χ0) is 9.42. The van der Waals surface area contributed by atoms with Gasteiger partial charge in [-0.15, -0.1) is 0 Å². The topological polar surface area (TPSA) is 12.4 Å². The smallest absolute Gasteiger partial charge is 0.123 e. The number of halogens is 1. The maximum absolute atomic E-state index is 12.9. The summed E-state index contributed by atoms with van der Waals surface area (Å²) < 4.78 is 12.9. The Morgan fingerprint density at radius 2 is 2.23 bits per heavy atom. The van der Waals surface area contributed by atoms with Crippen LogP contribution in [0.2, 0.25) is 0 Å². The Bertz CT molecular complexity index is 368. The highest BCUT2D eigenvalue weighted by Crippen LogP contribution is 2.32. The van der Waals surface area contributed by atoms with Crippen LogP contribution in [0.4, 0.5) is 4.39 Å². The van der Waals surface area contributed by atoms with E-state index in [0.717, 1.165) is 23.3 Å². The van der Waals surface area contributed by atoms with Gasteiger partial charge in [0.2, 0.25) is 0 Å². The standard InChI is InChI=1S/C11H12FN/c1-3-11-10-6-8(12)4-5-9(10)7(2)13-11/h4-6,11H,3H2,1-2H3. The Balaban J connectivity index is 2.53. The summed E-state index contributed by atoms with van der Waals surface area (Å²) in [6, 6.07) is 5.09. The molecule has 1 aliphatic heterocycles. The van der Waals surface area contributed by atoms with E-state index in [1.54, 1.807) is 6.07 Å². The highest BCUT2D eigenvalue weighted by Gasteiger charge is 2.21. The van der Waals surface area contributed by atoms with Gasteiger partial charge in [-0.1, -0.05) is 6.92 Å². The van der Waals surface area contributed by atoms with Crippen molar-refractivity contribution in [1.82, 2.24) is 0 Å². The van der Waals surface area contributed by atoms with Crippen LogP contribution < -0.4 is 0 Å². The molecule has 0 fully saturated rings. The van der Waals surface area contributed by atoms with Gasteiger partial charge in [-0.25, -0.2) is 4.39 Å². The first-order valence-corrected chi connectivity index (χ1v) is 4.56. The molecule has 0 amide bonds. The third-order valence-corrected chi connectivity index (χ3v) is 2.50. The Morgan fingerprint density at radius 3 is 2.92 bits per heavy atom. The van der Waals surface area contributed by atoms with Crippen molar-refractivity contribution in [2.75, 3.05) is 0 Å². The molecule has 1 aromatic rings. The molecule has 0 saturated carbocycles. The summed E-state index contributed by atoms with van der Waals surface area (Å²) >= 11 is 0. The molecule has 0 spiro atoms. The van der Waals surface area contributed by atoms with Gasteiger partial charge in [-0.2, -0.15) is 0 Å². The molecule has 1 aromatic carbocycles. The van der Waals surface area contributed by atoms with E-state index in [4.69, 9.17) is 0 Å². The fraction of sp³-hybridized carbons (Fsp3) is 0.364. The van der Waals surface area contributed by atoms with Gasteiger partial charge >= 0.3 is 0 Å². The summed E-state index contributed by atoms with van der Waals surface area (Å²) in [7, 11) is 0. The SMILES string of the molecule is CCC1N=C(C)c2ccc(F)cc21. The van der Waals surface area contributed by atoms with Crippen molar-refractivity contribution in [3.63, 3.8) is 0 Å². The fourth-order valence-corrected chi connectivity index (χ4v) is 1.82. The Kier molecular flexibility index (Phi) is 1.91. The zero-order valence-corrected chi connectivity index (χ0v) is 7.84. The first kappa shape index (κ1) is 8.42. The number of hydrogen-bond acceptors (Lipinski definition) is 1. The Hall–Kier alpha value is -1.18. The molecule has 0 bridgehead atoms. The van der Waals surface area contributed by atoms with E-state index in [2.05, 4.69) is 11.9 Å². The molecule has 0 radical (unpaired) electrons. The van der Waals surface area contributed by atoms with Crippen LogP contribution >= 0.6 is 0 Å². The summed E-state index contributed by atoms with van der Waals surface area (Å²) in [6.07, 6.45) is 0.938. The number of benzene rings is 1. The summed E-state index contributed by atoms with van der Waals surface area (Å²) in [5, 5.41) is 0.